The van der Waals surface area contributed by atoms with Crippen LogP contribution in [-0.2, 0) is 20.7 Å². The Morgan fingerprint density at radius 3 is 1.97 bits per heavy atom. The van der Waals surface area contributed by atoms with Crippen molar-refractivity contribution in [1.82, 2.24) is 0 Å². The molecule has 0 unspecified atom stereocenters. The Morgan fingerprint density at radius 2 is 1.33 bits per heavy atom. The van der Waals surface area contributed by atoms with Gasteiger partial charge < -0.3 is 25.4 Å². The summed E-state index contributed by atoms with van der Waals surface area (Å²) in [7, 11) is 1.63. The summed E-state index contributed by atoms with van der Waals surface area (Å²) < 4.78 is 10.5. The molecule has 0 aliphatic rings. The summed E-state index contributed by atoms with van der Waals surface area (Å²) in [5, 5.41) is 8.79. The Hall–Kier alpha value is -3.84. The molecule has 0 radical (unpaired) electrons. The van der Waals surface area contributed by atoms with Crippen LogP contribution in [0.4, 0.5) is 17.1 Å². The maximum Gasteiger partial charge on any atom is 0.243 e. The summed E-state index contributed by atoms with van der Waals surface area (Å²) >= 11 is 0. The first-order valence-corrected chi connectivity index (χ1v) is 10.8. The lowest BCUT2D eigenvalue weighted by Crippen LogP contribution is -2.21. The van der Waals surface area contributed by atoms with Crippen LogP contribution in [0.5, 0.6) is 5.75 Å². The molecule has 0 saturated heterocycles. The molecular formula is C26H29N3O4. The third kappa shape index (κ3) is 8.66. The first-order valence-electron chi connectivity index (χ1n) is 10.8. The minimum atomic E-state index is -0.171. The number of aryl methyl sites for hydroxylation is 1. The van der Waals surface area contributed by atoms with Gasteiger partial charge in [0.15, 0.2) is 0 Å². The molecule has 2 amide bonds. The van der Waals surface area contributed by atoms with Gasteiger partial charge in [0.25, 0.3) is 0 Å². The Kier molecular flexibility index (Phi) is 9.29. The van der Waals surface area contributed by atoms with Gasteiger partial charge >= 0.3 is 0 Å². The number of anilines is 3. The van der Waals surface area contributed by atoms with Gasteiger partial charge in [-0.2, -0.15) is 0 Å². The van der Waals surface area contributed by atoms with E-state index in [4.69, 9.17) is 9.47 Å². The Bertz CT molecular complexity index is 1010. The van der Waals surface area contributed by atoms with Crippen LogP contribution in [0.25, 0.3) is 0 Å². The zero-order valence-electron chi connectivity index (χ0n) is 18.7. The van der Waals surface area contributed by atoms with E-state index in [2.05, 4.69) is 16.0 Å². The van der Waals surface area contributed by atoms with E-state index in [-0.39, 0.29) is 18.4 Å². The van der Waals surface area contributed by atoms with Gasteiger partial charge in [0.1, 0.15) is 12.4 Å². The highest BCUT2D eigenvalue weighted by Crippen LogP contribution is 2.16. The predicted molar refractivity (Wildman–Crippen MR) is 131 cm³/mol. The molecule has 0 fully saturated rings. The van der Waals surface area contributed by atoms with Crippen molar-refractivity contribution in [2.75, 3.05) is 42.8 Å². The molecule has 3 N–H and O–H groups in total. The molecule has 3 rings (SSSR count). The molecule has 0 atom stereocenters. The second kappa shape index (κ2) is 12.9. The summed E-state index contributed by atoms with van der Waals surface area (Å²) in [4.78, 5) is 24.4. The lowest BCUT2D eigenvalue weighted by atomic mass is 10.1. The number of hydrogen-bond donors (Lipinski definition) is 3. The highest BCUT2D eigenvalue weighted by atomic mass is 16.5. The number of hydrogen-bond acceptors (Lipinski definition) is 5. The summed E-state index contributed by atoms with van der Waals surface area (Å²) in [6, 6.07) is 24.3. The minimum absolute atomic E-state index is 0.0463. The van der Waals surface area contributed by atoms with Crippen molar-refractivity contribution in [2.24, 2.45) is 0 Å². The number of nitrogens with one attached hydrogen (secondary N) is 3. The third-order valence-electron chi connectivity index (χ3n) is 4.80. The predicted octanol–water partition coefficient (Wildman–Crippen LogP) is 4.33. The summed E-state index contributed by atoms with van der Waals surface area (Å²) in [5.41, 5.74) is 3.30. The smallest absolute Gasteiger partial charge is 0.243 e. The maximum absolute atomic E-state index is 12.2. The minimum Gasteiger partial charge on any atom is -0.491 e. The lowest BCUT2D eigenvalue weighted by molar-refractivity contribution is -0.116. The molecular weight excluding hydrogens is 418 g/mol. The molecule has 0 bridgehead atoms. The van der Waals surface area contributed by atoms with Crippen molar-refractivity contribution in [1.29, 1.82) is 0 Å². The van der Waals surface area contributed by atoms with Crippen LogP contribution in [0.2, 0.25) is 0 Å². The van der Waals surface area contributed by atoms with Gasteiger partial charge in [-0.3, -0.25) is 9.59 Å². The molecule has 0 heterocycles. The van der Waals surface area contributed by atoms with Crippen molar-refractivity contribution in [3.63, 3.8) is 0 Å². The van der Waals surface area contributed by atoms with Crippen LogP contribution >= 0.6 is 0 Å². The lowest BCUT2D eigenvalue weighted by Gasteiger charge is -2.10. The van der Waals surface area contributed by atoms with Crippen molar-refractivity contribution in [2.45, 2.75) is 12.8 Å². The van der Waals surface area contributed by atoms with E-state index in [1.807, 2.05) is 54.6 Å². The van der Waals surface area contributed by atoms with E-state index in [0.29, 0.717) is 37.4 Å². The van der Waals surface area contributed by atoms with Crippen LogP contribution in [0.3, 0.4) is 0 Å². The second-order valence-electron chi connectivity index (χ2n) is 7.38. The zero-order valence-corrected chi connectivity index (χ0v) is 18.7. The fraction of sp³-hybridized carbons (Fsp3) is 0.231. The van der Waals surface area contributed by atoms with Crippen molar-refractivity contribution in [3.8, 4) is 5.75 Å². The van der Waals surface area contributed by atoms with E-state index >= 15 is 0 Å². The fourth-order valence-electron chi connectivity index (χ4n) is 3.06. The van der Waals surface area contributed by atoms with Crippen LogP contribution < -0.4 is 20.7 Å². The molecule has 0 aliphatic carbocycles. The number of rotatable bonds is 12. The van der Waals surface area contributed by atoms with Gasteiger partial charge in [-0.05, 0) is 60.5 Å². The molecule has 7 nitrogen and oxygen atoms in total. The van der Waals surface area contributed by atoms with Crippen LogP contribution in [-0.4, -0.2) is 38.7 Å². The van der Waals surface area contributed by atoms with Gasteiger partial charge in [0, 0.05) is 30.6 Å². The number of carbonyl (C=O) groups excluding carboxylic acids is 2. The maximum atomic E-state index is 12.2. The molecule has 0 aromatic heterocycles. The largest absolute Gasteiger partial charge is 0.491 e. The topological polar surface area (TPSA) is 88.7 Å². The monoisotopic (exact) mass is 447 g/mol. The average Bonchev–Trinajstić information content (AvgIpc) is 2.84. The van der Waals surface area contributed by atoms with Gasteiger partial charge in [-0.1, -0.05) is 30.3 Å². The highest BCUT2D eigenvalue weighted by molar-refractivity contribution is 5.94. The van der Waals surface area contributed by atoms with Crippen LogP contribution in [0.1, 0.15) is 12.0 Å². The molecule has 0 saturated carbocycles. The number of amides is 2. The number of carbonyl (C=O) groups is 2. The van der Waals surface area contributed by atoms with Gasteiger partial charge in [-0.15, -0.1) is 0 Å². The van der Waals surface area contributed by atoms with Crippen molar-refractivity contribution in [3.05, 3.63) is 84.4 Å². The quantitative estimate of drug-likeness (QED) is 0.360. The van der Waals surface area contributed by atoms with Crippen LogP contribution in [0.15, 0.2) is 78.9 Å². The average molecular weight is 448 g/mol. The van der Waals surface area contributed by atoms with E-state index in [9.17, 15) is 9.59 Å². The number of ether oxygens (including phenoxy) is 2. The first kappa shape index (κ1) is 23.8. The second-order valence-corrected chi connectivity index (χ2v) is 7.38. The summed E-state index contributed by atoms with van der Waals surface area (Å²) in [6.45, 7) is 1.14. The molecule has 172 valence electrons. The van der Waals surface area contributed by atoms with Gasteiger partial charge in [-0.25, -0.2) is 0 Å². The molecule has 3 aromatic rings. The van der Waals surface area contributed by atoms with E-state index in [1.54, 1.807) is 31.4 Å². The Balaban J connectivity index is 1.38. The third-order valence-corrected chi connectivity index (χ3v) is 4.80. The van der Waals surface area contributed by atoms with Gasteiger partial charge in [0.05, 0.1) is 13.2 Å². The van der Waals surface area contributed by atoms with E-state index < -0.39 is 0 Å². The first-order chi connectivity index (χ1) is 16.1. The molecule has 0 aliphatic heterocycles. The van der Waals surface area contributed by atoms with Gasteiger partial charge in [0.2, 0.25) is 11.8 Å². The zero-order chi connectivity index (χ0) is 23.3. The fourth-order valence-corrected chi connectivity index (χ4v) is 3.06. The molecule has 7 heteroatoms. The summed E-state index contributed by atoms with van der Waals surface area (Å²) in [5.74, 6) is 0.527. The van der Waals surface area contributed by atoms with Crippen molar-refractivity contribution >= 4 is 28.9 Å². The highest BCUT2D eigenvalue weighted by Gasteiger charge is 2.06. The number of benzene rings is 3. The Labute approximate surface area is 194 Å². The summed E-state index contributed by atoms with van der Waals surface area (Å²) in [6.07, 6.45) is 1.10. The standard InChI is InChI=1S/C26H29N3O4/c1-32-17-18-33-24-14-12-21(13-15-24)27-19-26(31)29-23-10-8-22(9-11-23)28-25(30)16-7-20-5-3-2-4-6-20/h2-6,8-15,27H,7,16-19H2,1H3,(H,28,30)(H,29,31). The Morgan fingerprint density at radius 1 is 0.727 bits per heavy atom. The van der Waals surface area contributed by atoms with Crippen LogP contribution in [0, 0.1) is 0 Å². The van der Waals surface area contributed by atoms with E-state index in [1.165, 1.54) is 0 Å². The van der Waals surface area contributed by atoms with Crippen molar-refractivity contribution < 1.29 is 19.1 Å². The molecule has 33 heavy (non-hydrogen) atoms. The normalized spacial score (nSPS) is 10.3. The SMILES string of the molecule is COCCOc1ccc(NCC(=O)Nc2ccc(NC(=O)CCc3ccccc3)cc2)cc1. The number of methoxy groups -OCH3 is 1. The molecule has 0 spiro atoms. The van der Waals surface area contributed by atoms with E-state index in [0.717, 1.165) is 17.0 Å². The molecule has 3 aromatic carbocycles.